The maximum Gasteiger partial charge on any atom is 0.235 e. The highest BCUT2D eigenvalue weighted by atomic mass is 16.7. The monoisotopic (exact) mass is 420 g/mol. The summed E-state index contributed by atoms with van der Waals surface area (Å²) in [6, 6.07) is 12.6. The Morgan fingerprint density at radius 1 is 1.06 bits per heavy atom. The topological polar surface area (TPSA) is 109 Å². The molecule has 160 valence electrons. The van der Waals surface area contributed by atoms with Gasteiger partial charge in [-0.1, -0.05) is 30.3 Å². The van der Waals surface area contributed by atoms with Gasteiger partial charge in [-0.2, -0.15) is 0 Å². The molecular weight excluding hydrogens is 396 g/mol. The minimum Gasteiger partial charge on any atom is -0.454 e. The molecule has 3 N–H and O–H groups in total. The fourth-order valence-corrected chi connectivity index (χ4v) is 5.05. The lowest BCUT2D eigenvalue weighted by molar-refractivity contribution is -0.142. The number of benzene rings is 2. The third-order valence-electron chi connectivity index (χ3n) is 6.77. The standard InChI is InChI=1S/C23H24N4O4/c1-12-18-19(20(26(12)2)14-4-6-15(7-5-14)21(24)25)23(29)27(22(18)28)10-13-3-8-16-17(9-13)31-11-30-16/h3-9,12,18-20H,10-11H2,1-2H3,(H3,24,25)/t12-,18-,19-,20-/m0/s1. The van der Waals surface area contributed by atoms with Gasteiger partial charge in [0, 0.05) is 17.6 Å². The van der Waals surface area contributed by atoms with Crippen LogP contribution in [0.5, 0.6) is 11.5 Å². The number of carbonyl (C=O) groups excluding carboxylic acids is 2. The molecule has 0 spiro atoms. The van der Waals surface area contributed by atoms with Gasteiger partial charge in [0.15, 0.2) is 11.5 Å². The van der Waals surface area contributed by atoms with Crippen LogP contribution in [-0.4, -0.2) is 47.3 Å². The van der Waals surface area contributed by atoms with Crippen LogP contribution in [0.4, 0.5) is 0 Å². The molecule has 0 bridgehead atoms. The first-order valence-electron chi connectivity index (χ1n) is 10.3. The largest absolute Gasteiger partial charge is 0.454 e. The number of nitrogen functional groups attached to an aromatic ring is 1. The highest BCUT2D eigenvalue weighted by Crippen LogP contribution is 2.49. The van der Waals surface area contributed by atoms with Crippen molar-refractivity contribution in [2.75, 3.05) is 13.8 Å². The van der Waals surface area contributed by atoms with Crippen molar-refractivity contribution < 1.29 is 19.1 Å². The van der Waals surface area contributed by atoms with E-state index in [1.54, 1.807) is 18.2 Å². The summed E-state index contributed by atoms with van der Waals surface area (Å²) < 4.78 is 10.8. The van der Waals surface area contributed by atoms with E-state index < -0.39 is 5.92 Å². The van der Waals surface area contributed by atoms with Crippen LogP contribution in [0.25, 0.3) is 0 Å². The third kappa shape index (κ3) is 2.97. The Hall–Kier alpha value is -3.39. The molecule has 5 rings (SSSR count). The van der Waals surface area contributed by atoms with E-state index in [4.69, 9.17) is 20.6 Å². The lowest BCUT2D eigenvalue weighted by Gasteiger charge is -2.28. The summed E-state index contributed by atoms with van der Waals surface area (Å²) >= 11 is 0. The Labute approximate surface area is 180 Å². The van der Waals surface area contributed by atoms with Crippen molar-refractivity contribution in [3.8, 4) is 11.5 Å². The number of ether oxygens (including phenoxy) is 2. The molecule has 2 aromatic carbocycles. The number of rotatable bonds is 4. The van der Waals surface area contributed by atoms with Crippen molar-refractivity contribution in [2.45, 2.75) is 25.6 Å². The molecule has 4 atom stereocenters. The van der Waals surface area contributed by atoms with Gasteiger partial charge in [-0.15, -0.1) is 0 Å². The molecule has 0 unspecified atom stereocenters. The van der Waals surface area contributed by atoms with Crippen LogP contribution in [0.15, 0.2) is 42.5 Å². The minimum atomic E-state index is -0.440. The Kier molecular flexibility index (Phi) is 4.48. The maximum atomic E-state index is 13.5. The molecule has 2 saturated heterocycles. The van der Waals surface area contributed by atoms with E-state index >= 15 is 0 Å². The maximum absolute atomic E-state index is 13.5. The van der Waals surface area contributed by atoms with Crippen LogP contribution in [0, 0.1) is 17.2 Å². The van der Waals surface area contributed by atoms with Crippen molar-refractivity contribution in [3.05, 3.63) is 59.2 Å². The predicted molar refractivity (Wildman–Crippen MR) is 113 cm³/mol. The molecule has 3 heterocycles. The Morgan fingerprint density at radius 2 is 1.74 bits per heavy atom. The highest BCUT2D eigenvalue weighted by molar-refractivity contribution is 6.06. The van der Waals surface area contributed by atoms with E-state index in [-0.39, 0.29) is 49.0 Å². The van der Waals surface area contributed by atoms with Crippen LogP contribution in [0.2, 0.25) is 0 Å². The van der Waals surface area contributed by atoms with Gasteiger partial charge < -0.3 is 15.2 Å². The van der Waals surface area contributed by atoms with Crippen LogP contribution in [0.3, 0.4) is 0 Å². The average Bonchev–Trinajstić information content (AvgIpc) is 3.39. The van der Waals surface area contributed by atoms with Gasteiger partial charge in [-0.05, 0) is 37.2 Å². The first-order valence-corrected chi connectivity index (χ1v) is 10.3. The summed E-state index contributed by atoms with van der Waals surface area (Å²) in [7, 11) is 1.95. The summed E-state index contributed by atoms with van der Waals surface area (Å²) in [5.74, 6) is 0.199. The smallest absolute Gasteiger partial charge is 0.235 e. The number of amides is 2. The molecule has 8 nitrogen and oxygen atoms in total. The molecule has 31 heavy (non-hydrogen) atoms. The number of nitrogens with zero attached hydrogens (tertiary/aromatic N) is 2. The first kappa shape index (κ1) is 19.6. The Morgan fingerprint density at radius 3 is 2.45 bits per heavy atom. The highest BCUT2D eigenvalue weighted by Gasteiger charge is 2.59. The van der Waals surface area contributed by atoms with E-state index in [1.807, 2.05) is 38.2 Å². The van der Waals surface area contributed by atoms with E-state index in [0.29, 0.717) is 17.1 Å². The van der Waals surface area contributed by atoms with Gasteiger partial charge in [-0.25, -0.2) is 0 Å². The number of imide groups is 1. The summed E-state index contributed by atoms with van der Waals surface area (Å²) in [6.07, 6.45) is 0. The Bertz CT molecular complexity index is 1080. The number of carbonyl (C=O) groups is 2. The van der Waals surface area contributed by atoms with Crippen molar-refractivity contribution in [1.29, 1.82) is 5.41 Å². The van der Waals surface area contributed by atoms with Gasteiger partial charge in [0.2, 0.25) is 18.6 Å². The van der Waals surface area contributed by atoms with Crippen LogP contribution in [-0.2, 0) is 16.1 Å². The summed E-state index contributed by atoms with van der Waals surface area (Å²) in [5, 5.41) is 7.59. The zero-order valence-electron chi connectivity index (χ0n) is 17.4. The third-order valence-corrected chi connectivity index (χ3v) is 6.77. The summed E-state index contributed by atoms with van der Waals surface area (Å²) in [4.78, 5) is 30.2. The average molecular weight is 420 g/mol. The van der Waals surface area contributed by atoms with Crippen LogP contribution in [0.1, 0.15) is 29.7 Å². The van der Waals surface area contributed by atoms with Gasteiger partial charge in [0.05, 0.1) is 18.4 Å². The predicted octanol–water partition coefficient (Wildman–Crippen LogP) is 1.88. The van der Waals surface area contributed by atoms with Crippen molar-refractivity contribution in [1.82, 2.24) is 9.80 Å². The van der Waals surface area contributed by atoms with Crippen molar-refractivity contribution >= 4 is 17.6 Å². The molecule has 3 aliphatic heterocycles. The SMILES string of the molecule is C[C@H]1[C@@H]2C(=O)N(Cc3ccc4c(c3)OCO4)C(=O)[C@@H]2[C@H](c2ccc(C(=N)N)cc2)N1C. The van der Waals surface area contributed by atoms with Crippen molar-refractivity contribution in [3.63, 3.8) is 0 Å². The molecule has 2 amide bonds. The number of nitrogens with one attached hydrogen (secondary N) is 1. The second kappa shape index (κ2) is 7.09. The number of hydrogen-bond donors (Lipinski definition) is 2. The fraction of sp³-hybridized carbons (Fsp3) is 0.348. The molecule has 2 fully saturated rings. The van der Waals surface area contributed by atoms with Gasteiger partial charge in [-0.3, -0.25) is 24.8 Å². The summed E-state index contributed by atoms with van der Waals surface area (Å²) in [5.41, 5.74) is 7.97. The molecule has 0 radical (unpaired) electrons. The van der Waals surface area contributed by atoms with E-state index in [0.717, 1.165) is 11.1 Å². The quantitative estimate of drug-likeness (QED) is 0.444. The minimum absolute atomic E-state index is 0.000377. The zero-order valence-corrected chi connectivity index (χ0v) is 17.4. The van der Waals surface area contributed by atoms with Gasteiger partial charge in [0.25, 0.3) is 0 Å². The first-order chi connectivity index (χ1) is 14.9. The number of likely N-dealkylation sites (tertiary alicyclic amines) is 2. The normalized spacial score (nSPS) is 27.1. The molecule has 8 heteroatoms. The lowest BCUT2D eigenvalue weighted by atomic mass is 9.86. The molecule has 3 aliphatic rings. The second-order valence-electron chi connectivity index (χ2n) is 8.39. The molecule has 0 saturated carbocycles. The van der Waals surface area contributed by atoms with Crippen LogP contribution >= 0.6 is 0 Å². The molecule has 0 aromatic heterocycles. The van der Waals surface area contributed by atoms with E-state index in [9.17, 15) is 9.59 Å². The number of amidine groups is 1. The molecule has 2 aromatic rings. The van der Waals surface area contributed by atoms with Gasteiger partial charge in [0.1, 0.15) is 5.84 Å². The van der Waals surface area contributed by atoms with E-state index in [1.165, 1.54) is 4.90 Å². The number of nitrogens with two attached hydrogens (primary N) is 1. The zero-order chi connectivity index (χ0) is 21.9. The molecular formula is C23H24N4O4. The van der Waals surface area contributed by atoms with E-state index in [2.05, 4.69) is 4.90 Å². The fourth-order valence-electron chi connectivity index (χ4n) is 5.05. The number of fused-ring (bicyclic) bond motifs is 2. The van der Waals surface area contributed by atoms with Crippen LogP contribution < -0.4 is 15.2 Å². The number of hydrogen-bond acceptors (Lipinski definition) is 6. The van der Waals surface area contributed by atoms with Crippen molar-refractivity contribution in [2.24, 2.45) is 17.6 Å². The lowest BCUT2D eigenvalue weighted by Crippen LogP contribution is -2.38. The summed E-state index contributed by atoms with van der Waals surface area (Å²) in [6.45, 7) is 2.39. The Balaban J connectivity index is 1.44. The molecule has 0 aliphatic carbocycles. The van der Waals surface area contributed by atoms with Gasteiger partial charge >= 0.3 is 0 Å². The second-order valence-corrected chi connectivity index (χ2v) is 8.39.